The van der Waals surface area contributed by atoms with E-state index in [2.05, 4.69) is 4.98 Å². The SMILES string of the molecule is CCOc1ccc2[nH]cc(C(=O)O)c2c1. The van der Waals surface area contributed by atoms with E-state index >= 15 is 0 Å². The number of ether oxygens (including phenoxy) is 1. The zero-order chi connectivity index (χ0) is 10.8. The van der Waals surface area contributed by atoms with Gasteiger partial charge in [-0.2, -0.15) is 0 Å². The zero-order valence-electron chi connectivity index (χ0n) is 8.28. The number of carboxylic acid groups (broad SMARTS) is 1. The van der Waals surface area contributed by atoms with Crippen molar-refractivity contribution < 1.29 is 14.6 Å². The summed E-state index contributed by atoms with van der Waals surface area (Å²) in [6.07, 6.45) is 1.49. The molecule has 0 amide bonds. The number of nitrogens with one attached hydrogen (secondary N) is 1. The van der Waals surface area contributed by atoms with E-state index in [9.17, 15) is 4.79 Å². The number of rotatable bonds is 3. The molecule has 0 spiro atoms. The van der Waals surface area contributed by atoms with Crippen LogP contribution >= 0.6 is 0 Å². The Hall–Kier alpha value is -1.97. The summed E-state index contributed by atoms with van der Waals surface area (Å²) in [7, 11) is 0. The Balaban J connectivity index is 2.56. The van der Waals surface area contributed by atoms with Crippen LogP contribution in [0, 0.1) is 0 Å². The van der Waals surface area contributed by atoms with Crippen molar-refractivity contribution in [3.8, 4) is 5.75 Å². The second-order valence-electron chi connectivity index (χ2n) is 3.15. The number of aromatic amines is 1. The van der Waals surface area contributed by atoms with E-state index in [0.29, 0.717) is 17.7 Å². The minimum Gasteiger partial charge on any atom is -0.494 e. The van der Waals surface area contributed by atoms with Crippen molar-refractivity contribution in [1.82, 2.24) is 4.98 Å². The van der Waals surface area contributed by atoms with E-state index in [4.69, 9.17) is 9.84 Å². The lowest BCUT2D eigenvalue weighted by Gasteiger charge is -2.02. The number of aromatic nitrogens is 1. The molecule has 15 heavy (non-hydrogen) atoms. The quantitative estimate of drug-likeness (QED) is 0.807. The molecule has 1 aromatic heterocycles. The van der Waals surface area contributed by atoms with Crippen molar-refractivity contribution in [2.75, 3.05) is 6.61 Å². The number of benzene rings is 1. The number of hydrogen-bond acceptors (Lipinski definition) is 2. The van der Waals surface area contributed by atoms with Crippen molar-refractivity contribution in [3.05, 3.63) is 30.0 Å². The lowest BCUT2D eigenvalue weighted by atomic mass is 10.2. The fourth-order valence-electron chi connectivity index (χ4n) is 1.53. The Morgan fingerprint density at radius 3 is 3.00 bits per heavy atom. The topological polar surface area (TPSA) is 62.3 Å². The second kappa shape index (κ2) is 3.65. The molecular formula is C11H11NO3. The Labute approximate surface area is 86.5 Å². The van der Waals surface area contributed by atoms with Gasteiger partial charge in [-0.25, -0.2) is 4.79 Å². The van der Waals surface area contributed by atoms with Crippen molar-refractivity contribution >= 4 is 16.9 Å². The molecule has 4 nitrogen and oxygen atoms in total. The van der Waals surface area contributed by atoms with E-state index in [0.717, 1.165) is 5.52 Å². The van der Waals surface area contributed by atoms with Crippen LogP contribution in [-0.2, 0) is 0 Å². The highest BCUT2D eigenvalue weighted by Gasteiger charge is 2.10. The molecule has 2 aromatic rings. The maximum atomic E-state index is 10.9. The van der Waals surface area contributed by atoms with Gasteiger partial charge in [0.25, 0.3) is 0 Å². The van der Waals surface area contributed by atoms with Crippen LogP contribution in [0.3, 0.4) is 0 Å². The van der Waals surface area contributed by atoms with Crippen molar-refractivity contribution in [1.29, 1.82) is 0 Å². The van der Waals surface area contributed by atoms with Gasteiger partial charge < -0.3 is 14.8 Å². The third-order valence-electron chi connectivity index (χ3n) is 2.19. The largest absolute Gasteiger partial charge is 0.494 e. The fourth-order valence-corrected chi connectivity index (χ4v) is 1.53. The average Bonchev–Trinajstić information content (AvgIpc) is 2.61. The monoisotopic (exact) mass is 205 g/mol. The van der Waals surface area contributed by atoms with Gasteiger partial charge >= 0.3 is 5.97 Å². The third-order valence-corrected chi connectivity index (χ3v) is 2.19. The summed E-state index contributed by atoms with van der Waals surface area (Å²) in [5.74, 6) is -0.248. The molecule has 1 heterocycles. The van der Waals surface area contributed by atoms with Crippen LogP contribution in [0.25, 0.3) is 10.9 Å². The minimum atomic E-state index is -0.935. The lowest BCUT2D eigenvalue weighted by molar-refractivity contribution is 0.0699. The average molecular weight is 205 g/mol. The number of H-pyrrole nitrogens is 1. The van der Waals surface area contributed by atoms with Crippen LogP contribution in [-0.4, -0.2) is 22.7 Å². The van der Waals surface area contributed by atoms with Gasteiger partial charge in [-0.1, -0.05) is 0 Å². The number of carboxylic acids is 1. The summed E-state index contributed by atoms with van der Waals surface area (Å²) >= 11 is 0. The number of aromatic carboxylic acids is 1. The molecule has 0 saturated heterocycles. The van der Waals surface area contributed by atoms with E-state index in [1.807, 2.05) is 19.1 Å². The number of fused-ring (bicyclic) bond motifs is 1. The summed E-state index contributed by atoms with van der Waals surface area (Å²) in [5, 5.41) is 9.61. The summed E-state index contributed by atoms with van der Waals surface area (Å²) in [6.45, 7) is 2.46. The summed E-state index contributed by atoms with van der Waals surface area (Å²) in [6, 6.07) is 5.36. The molecule has 0 aliphatic carbocycles. The molecule has 0 saturated carbocycles. The zero-order valence-corrected chi connectivity index (χ0v) is 8.28. The Morgan fingerprint density at radius 1 is 1.53 bits per heavy atom. The highest BCUT2D eigenvalue weighted by atomic mass is 16.5. The van der Waals surface area contributed by atoms with Gasteiger partial charge in [-0.15, -0.1) is 0 Å². The summed E-state index contributed by atoms with van der Waals surface area (Å²) < 4.78 is 5.31. The molecule has 78 valence electrons. The van der Waals surface area contributed by atoms with Crippen molar-refractivity contribution in [2.24, 2.45) is 0 Å². The van der Waals surface area contributed by atoms with Crippen molar-refractivity contribution in [2.45, 2.75) is 6.92 Å². The summed E-state index contributed by atoms with van der Waals surface area (Å²) in [5.41, 5.74) is 1.07. The number of hydrogen-bond donors (Lipinski definition) is 2. The molecule has 0 aliphatic heterocycles. The van der Waals surface area contributed by atoms with Crippen LogP contribution in [0.15, 0.2) is 24.4 Å². The van der Waals surface area contributed by atoms with E-state index in [1.165, 1.54) is 6.20 Å². The van der Waals surface area contributed by atoms with Crippen LogP contribution in [0.2, 0.25) is 0 Å². The molecule has 0 bridgehead atoms. The summed E-state index contributed by atoms with van der Waals surface area (Å²) in [4.78, 5) is 13.8. The Kier molecular flexibility index (Phi) is 2.33. The van der Waals surface area contributed by atoms with Gasteiger partial charge in [0.15, 0.2) is 0 Å². The molecule has 0 atom stereocenters. The molecular weight excluding hydrogens is 194 g/mol. The highest BCUT2D eigenvalue weighted by molar-refractivity contribution is 6.03. The molecule has 2 rings (SSSR count). The second-order valence-corrected chi connectivity index (χ2v) is 3.15. The molecule has 0 fully saturated rings. The standard InChI is InChI=1S/C11H11NO3/c1-2-15-7-3-4-10-8(5-7)9(6-12-10)11(13)14/h3-6,12H,2H2,1H3,(H,13,14). The lowest BCUT2D eigenvalue weighted by Crippen LogP contribution is -1.94. The Morgan fingerprint density at radius 2 is 2.33 bits per heavy atom. The maximum Gasteiger partial charge on any atom is 0.337 e. The van der Waals surface area contributed by atoms with Crippen LogP contribution in [0.1, 0.15) is 17.3 Å². The first kappa shape index (κ1) is 9.58. The molecule has 0 radical (unpaired) electrons. The number of carbonyl (C=O) groups is 1. The fraction of sp³-hybridized carbons (Fsp3) is 0.182. The van der Waals surface area contributed by atoms with Gasteiger partial charge in [0, 0.05) is 17.1 Å². The van der Waals surface area contributed by atoms with Crippen molar-refractivity contribution in [3.63, 3.8) is 0 Å². The molecule has 0 unspecified atom stereocenters. The van der Waals surface area contributed by atoms with Crippen LogP contribution in [0.4, 0.5) is 0 Å². The molecule has 0 aliphatic rings. The smallest absolute Gasteiger partial charge is 0.337 e. The minimum absolute atomic E-state index is 0.270. The van der Waals surface area contributed by atoms with E-state index < -0.39 is 5.97 Å². The molecule has 2 N–H and O–H groups in total. The first-order valence-corrected chi connectivity index (χ1v) is 4.69. The van der Waals surface area contributed by atoms with Gasteiger partial charge in [0.2, 0.25) is 0 Å². The maximum absolute atomic E-state index is 10.9. The van der Waals surface area contributed by atoms with Gasteiger partial charge in [-0.3, -0.25) is 0 Å². The van der Waals surface area contributed by atoms with Gasteiger partial charge in [-0.05, 0) is 25.1 Å². The van der Waals surface area contributed by atoms with E-state index in [1.54, 1.807) is 6.07 Å². The predicted molar refractivity (Wildman–Crippen MR) is 56.4 cm³/mol. The van der Waals surface area contributed by atoms with Gasteiger partial charge in [0.1, 0.15) is 5.75 Å². The molecule has 1 aromatic carbocycles. The first-order chi connectivity index (χ1) is 7.22. The highest BCUT2D eigenvalue weighted by Crippen LogP contribution is 2.23. The van der Waals surface area contributed by atoms with Gasteiger partial charge in [0.05, 0.1) is 12.2 Å². The van der Waals surface area contributed by atoms with Crippen LogP contribution < -0.4 is 4.74 Å². The molecule has 4 heteroatoms. The first-order valence-electron chi connectivity index (χ1n) is 4.69. The third kappa shape index (κ3) is 1.66. The predicted octanol–water partition coefficient (Wildman–Crippen LogP) is 2.26. The normalized spacial score (nSPS) is 10.5. The van der Waals surface area contributed by atoms with Crippen LogP contribution in [0.5, 0.6) is 5.75 Å². The Bertz CT molecular complexity index is 502. The van der Waals surface area contributed by atoms with E-state index in [-0.39, 0.29) is 5.56 Å².